The zero-order chi connectivity index (χ0) is 18.4. The van der Waals surface area contributed by atoms with Crippen LogP contribution in [0.4, 0.5) is 0 Å². The summed E-state index contributed by atoms with van der Waals surface area (Å²) in [6, 6.07) is 12.8. The number of halogens is 1. The maximum absolute atomic E-state index is 11.8. The third kappa shape index (κ3) is 4.70. The van der Waals surface area contributed by atoms with Gasteiger partial charge in [-0.05, 0) is 48.7 Å². The highest BCUT2D eigenvalue weighted by Crippen LogP contribution is 2.23. The van der Waals surface area contributed by atoms with Gasteiger partial charge in [0.05, 0.1) is 13.7 Å². The summed E-state index contributed by atoms with van der Waals surface area (Å²) in [5.74, 6) is 0.849. The van der Waals surface area contributed by atoms with E-state index in [0.717, 1.165) is 29.3 Å². The van der Waals surface area contributed by atoms with Crippen molar-refractivity contribution < 1.29 is 19.0 Å². The molecule has 0 radical (unpaired) electrons. The smallest absolute Gasteiger partial charge is 0.344 e. The number of benzene rings is 2. The van der Waals surface area contributed by atoms with Crippen LogP contribution in [0.15, 0.2) is 48.7 Å². The van der Waals surface area contributed by atoms with Crippen molar-refractivity contribution in [3.8, 4) is 11.5 Å². The number of rotatable bonds is 8. The Morgan fingerprint density at radius 1 is 1.15 bits per heavy atom. The second-order valence-corrected chi connectivity index (χ2v) is 6.23. The molecule has 3 aromatic rings. The second-order valence-electron chi connectivity index (χ2n) is 5.80. The molecule has 2 aromatic carbocycles. The number of hydrogen-bond donors (Lipinski definition) is 1. The number of H-pyrrole nitrogens is 1. The van der Waals surface area contributed by atoms with E-state index in [1.165, 1.54) is 0 Å². The van der Waals surface area contributed by atoms with E-state index < -0.39 is 5.97 Å². The zero-order valence-corrected chi connectivity index (χ0v) is 15.2. The first-order chi connectivity index (χ1) is 12.7. The van der Waals surface area contributed by atoms with Crippen LogP contribution in [0.2, 0.25) is 5.02 Å². The lowest BCUT2D eigenvalue weighted by molar-refractivity contribution is -0.146. The molecule has 0 atom stereocenters. The van der Waals surface area contributed by atoms with Crippen molar-refractivity contribution in [2.45, 2.75) is 12.8 Å². The Kier molecular flexibility index (Phi) is 6.02. The van der Waals surface area contributed by atoms with Gasteiger partial charge in [0.1, 0.15) is 11.5 Å². The Morgan fingerprint density at radius 2 is 2.00 bits per heavy atom. The molecule has 0 unspecified atom stereocenters. The number of fused-ring (bicyclic) bond motifs is 1. The summed E-state index contributed by atoms with van der Waals surface area (Å²) < 4.78 is 15.7. The van der Waals surface area contributed by atoms with Crippen LogP contribution in [-0.2, 0) is 16.0 Å². The number of nitrogens with one attached hydrogen (secondary N) is 1. The molecule has 1 heterocycles. The van der Waals surface area contributed by atoms with Gasteiger partial charge in [-0.2, -0.15) is 0 Å². The summed E-state index contributed by atoms with van der Waals surface area (Å²) in [6.45, 7) is 0.212. The van der Waals surface area contributed by atoms with Gasteiger partial charge in [-0.1, -0.05) is 17.7 Å². The zero-order valence-electron chi connectivity index (χ0n) is 14.5. The van der Waals surface area contributed by atoms with Crippen LogP contribution in [0.5, 0.6) is 11.5 Å². The van der Waals surface area contributed by atoms with Gasteiger partial charge in [0.2, 0.25) is 0 Å². The summed E-state index contributed by atoms with van der Waals surface area (Å²) >= 11 is 6.05. The molecule has 0 fully saturated rings. The third-order valence-electron chi connectivity index (χ3n) is 3.98. The minimum Gasteiger partial charge on any atom is -0.497 e. The second kappa shape index (κ2) is 8.63. The van der Waals surface area contributed by atoms with Crippen molar-refractivity contribution in [1.82, 2.24) is 4.98 Å². The fraction of sp³-hybridized carbons (Fsp3) is 0.250. The van der Waals surface area contributed by atoms with E-state index in [0.29, 0.717) is 23.1 Å². The van der Waals surface area contributed by atoms with Crippen molar-refractivity contribution in [3.63, 3.8) is 0 Å². The Bertz CT molecular complexity index is 890. The number of carbonyl (C=O) groups excluding carboxylic acids is 1. The van der Waals surface area contributed by atoms with E-state index >= 15 is 0 Å². The maximum Gasteiger partial charge on any atom is 0.344 e. The summed E-state index contributed by atoms with van der Waals surface area (Å²) in [6.07, 6.45) is 3.49. The number of methoxy groups -OCH3 is 1. The van der Waals surface area contributed by atoms with Crippen LogP contribution in [0, 0.1) is 0 Å². The molecule has 1 aromatic heterocycles. The van der Waals surface area contributed by atoms with Crippen LogP contribution >= 0.6 is 11.6 Å². The van der Waals surface area contributed by atoms with Crippen LogP contribution in [-0.4, -0.2) is 31.3 Å². The quantitative estimate of drug-likeness (QED) is 0.470. The number of aromatic nitrogens is 1. The topological polar surface area (TPSA) is 60.6 Å². The Hall–Kier alpha value is -2.66. The molecule has 0 aliphatic heterocycles. The predicted molar refractivity (Wildman–Crippen MR) is 101 cm³/mol. The van der Waals surface area contributed by atoms with Gasteiger partial charge in [0.25, 0.3) is 0 Å². The molecule has 136 valence electrons. The summed E-state index contributed by atoms with van der Waals surface area (Å²) in [5, 5.41) is 1.81. The molecule has 26 heavy (non-hydrogen) atoms. The predicted octanol–water partition coefficient (Wildman–Crippen LogP) is 4.38. The number of aromatic amines is 1. The molecule has 6 heteroatoms. The fourth-order valence-electron chi connectivity index (χ4n) is 2.68. The average Bonchev–Trinajstić information content (AvgIpc) is 3.06. The number of carbonyl (C=O) groups is 1. The molecular formula is C20H20ClNO4. The average molecular weight is 374 g/mol. The van der Waals surface area contributed by atoms with E-state index in [2.05, 4.69) is 4.98 Å². The van der Waals surface area contributed by atoms with Gasteiger partial charge >= 0.3 is 5.97 Å². The van der Waals surface area contributed by atoms with Gasteiger partial charge in [-0.3, -0.25) is 0 Å². The van der Waals surface area contributed by atoms with Crippen LogP contribution in [0.25, 0.3) is 10.9 Å². The first-order valence-corrected chi connectivity index (χ1v) is 8.71. The molecule has 0 aliphatic rings. The lowest BCUT2D eigenvalue weighted by Gasteiger charge is -2.08. The molecule has 0 amide bonds. The molecule has 0 saturated heterocycles. The molecule has 5 nitrogen and oxygen atoms in total. The minimum atomic E-state index is -0.394. The van der Waals surface area contributed by atoms with E-state index in [1.54, 1.807) is 25.3 Å². The van der Waals surface area contributed by atoms with E-state index in [9.17, 15) is 4.79 Å². The normalized spacial score (nSPS) is 10.7. The first-order valence-electron chi connectivity index (χ1n) is 8.33. The van der Waals surface area contributed by atoms with E-state index in [1.807, 2.05) is 30.5 Å². The number of ether oxygens (including phenoxy) is 3. The highest BCUT2D eigenvalue weighted by atomic mass is 35.5. The number of esters is 1. The third-order valence-corrected chi connectivity index (χ3v) is 4.22. The summed E-state index contributed by atoms with van der Waals surface area (Å²) in [7, 11) is 1.58. The van der Waals surface area contributed by atoms with Crippen molar-refractivity contribution in [2.75, 3.05) is 20.3 Å². The summed E-state index contributed by atoms with van der Waals surface area (Å²) in [5.41, 5.74) is 2.21. The molecular weight excluding hydrogens is 354 g/mol. The molecule has 0 saturated carbocycles. The lowest BCUT2D eigenvalue weighted by atomic mass is 10.1. The SMILES string of the molecule is COc1cccc(OCC(=O)OCCCc2c[nH]c3ccc(Cl)cc23)c1. The maximum atomic E-state index is 11.8. The van der Waals surface area contributed by atoms with Gasteiger partial charge in [0.15, 0.2) is 6.61 Å². The lowest BCUT2D eigenvalue weighted by Crippen LogP contribution is -2.15. The molecule has 0 spiro atoms. The van der Waals surface area contributed by atoms with Gasteiger partial charge in [-0.15, -0.1) is 0 Å². The number of aryl methyl sites for hydroxylation is 1. The number of hydrogen-bond acceptors (Lipinski definition) is 4. The first kappa shape index (κ1) is 18.1. The van der Waals surface area contributed by atoms with Gasteiger partial charge < -0.3 is 19.2 Å². The minimum absolute atomic E-state index is 0.129. The van der Waals surface area contributed by atoms with Crippen LogP contribution < -0.4 is 9.47 Å². The van der Waals surface area contributed by atoms with Crippen molar-refractivity contribution in [3.05, 3.63) is 59.2 Å². The Labute approximate surface area is 156 Å². The monoisotopic (exact) mass is 373 g/mol. The van der Waals surface area contributed by atoms with Gasteiger partial charge in [0, 0.05) is 28.2 Å². The Morgan fingerprint density at radius 3 is 2.85 bits per heavy atom. The highest BCUT2D eigenvalue weighted by molar-refractivity contribution is 6.31. The molecule has 0 aliphatic carbocycles. The van der Waals surface area contributed by atoms with Crippen molar-refractivity contribution in [2.24, 2.45) is 0 Å². The Balaban J connectivity index is 1.41. The van der Waals surface area contributed by atoms with Crippen molar-refractivity contribution in [1.29, 1.82) is 0 Å². The fourth-order valence-corrected chi connectivity index (χ4v) is 2.85. The standard InChI is InChI=1S/C20H20ClNO4/c1-24-16-5-2-6-17(11-16)26-13-20(23)25-9-3-4-14-12-22-19-8-7-15(21)10-18(14)19/h2,5-8,10-12,22H,3-4,9,13H2,1H3. The molecule has 3 rings (SSSR count). The largest absolute Gasteiger partial charge is 0.497 e. The van der Waals surface area contributed by atoms with Crippen molar-refractivity contribution >= 4 is 28.5 Å². The molecule has 0 bridgehead atoms. The highest BCUT2D eigenvalue weighted by Gasteiger charge is 2.07. The van der Waals surface area contributed by atoms with Crippen LogP contribution in [0.3, 0.4) is 0 Å². The van der Waals surface area contributed by atoms with Gasteiger partial charge in [-0.25, -0.2) is 4.79 Å². The van der Waals surface area contributed by atoms with E-state index in [4.69, 9.17) is 25.8 Å². The van der Waals surface area contributed by atoms with E-state index in [-0.39, 0.29) is 6.61 Å². The summed E-state index contributed by atoms with van der Waals surface area (Å²) in [4.78, 5) is 15.0. The molecule has 1 N–H and O–H groups in total. The van der Waals surface area contributed by atoms with Crippen LogP contribution in [0.1, 0.15) is 12.0 Å².